The zero-order chi connectivity index (χ0) is 19.8. The topological polar surface area (TPSA) is 40.6 Å². The van der Waals surface area contributed by atoms with Gasteiger partial charge < -0.3 is 0 Å². The molecule has 2 aromatic carbocycles. The molecule has 2 atom stereocenters. The largest absolute Gasteiger partial charge is 0.294 e. The van der Waals surface area contributed by atoms with E-state index in [2.05, 4.69) is 0 Å². The third-order valence-corrected chi connectivity index (χ3v) is 5.65. The van der Waals surface area contributed by atoms with Crippen LogP contribution in [-0.2, 0) is 9.59 Å². The van der Waals surface area contributed by atoms with E-state index in [-0.39, 0.29) is 35.8 Å². The highest BCUT2D eigenvalue weighted by Crippen LogP contribution is 2.45. The predicted molar refractivity (Wildman–Crippen MR) is 105 cm³/mol. The minimum absolute atomic E-state index is 0.0420. The molecule has 4 rings (SSSR count). The number of hydrogen-bond acceptors (Lipinski definition) is 3. The molecule has 4 nitrogen and oxygen atoms in total. The van der Waals surface area contributed by atoms with Crippen LogP contribution in [0.2, 0.25) is 0 Å². The number of ketones is 1. The fourth-order valence-electron chi connectivity index (χ4n) is 4.42. The lowest BCUT2D eigenvalue weighted by Gasteiger charge is -2.42. The first-order valence-electron chi connectivity index (χ1n) is 9.52. The molecule has 2 aromatic rings. The molecule has 0 N–H and O–H groups in total. The Bertz CT molecular complexity index is 935. The maximum atomic E-state index is 13.4. The van der Waals surface area contributed by atoms with Crippen molar-refractivity contribution in [1.82, 2.24) is 10.0 Å². The van der Waals surface area contributed by atoms with Crippen molar-refractivity contribution in [2.75, 3.05) is 14.1 Å². The van der Waals surface area contributed by atoms with Crippen molar-refractivity contribution in [2.45, 2.75) is 31.1 Å². The van der Waals surface area contributed by atoms with E-state index in [1.165, 1.54) is 12.1 Å². The lowest BCUT2D eigenvalue weighted by Crippen LogP contribution is -2.47. The highest BCUT2D eigenvalue weighted by atomic mass is 19.1. The van der Waals surface area contributed by atoms with Gasteiger partial charge in [0.25, 0.3) is 0 Å². The van der Waals surface area contributed by atoms with Crippen LogP contribution in [0.1, 0.15) is 42.2 Å². The fraction of sp³-hybridized carbons (Fsp3) is 0.304. The van der Waals surface area contributed by atoms with E-state index in [0.717, 1.165) is 16.8 Å². The van der Waals surface area contributed by atoms with Gasteiger partial charge in [-0.3, -0.25) is 9.59 Å². The van der Waals surface area contributed by atoms with Crippen molar-refractivity contribution in [3.8, 4) is 0 Å². The standard InChI is InChI=1S/C23H23FN2O2/c1-25(2)26-20-12-17(15-6-4-3-5-7-15)13-21(27)23(20)19(14-22(26)28)16-8-10-18(24)11-9-16/h3-11,17,19H,12-14H2,1-2H3/t17-,19-/m0/s1. The average molecular weight is 378 g/mol. The second kappa shape index (κ2) is 7.32. The Labute approximate surface area is 164 Å². The van der Waals surface area contributed by atoms with Gasteiger partial charge in [-0.1, -0.05) is 42.5 Å². The van der Waals surface area contributed by atoms with Gasteiger partial charge in [-0.05, 0) is 35.6 Å². The van der Waals surface area contributed by atoms with Gasteiger partial charge in [-0.2, -0.15) is 0 Å². The fourth-order valence-corrected chi connectivity index (χ4v) is 4.42. The van der Waals surface area contributed by atoms with Crippen LogP contribution < -0.4 is 0 Å². The molecule has 0 fully saturated rings. The number of nitrogens with zero attached hydrogens (tertiary/aromatic N) is 2. The van der Waals surface area contributed by atoms with E-state index in [1.54, 1.807) is 22.2 Å². The van der Waals surface area contributed by atoms with Crippen LogP contribution in [0.15, 0.2) is 65.9 Å². The molecule has 1 aliphatic carbocycles. The molecular formula is C23H23FN2O2. The maximum Gasteiger partial charge on any atom is 0.242 e. The third kappa shape index (κ3) is 3.27. The van der Waals surface area contributed by atoms with E-state index in [9.17, 15) is 14.0 Å². The summed E-state index contributed by atoms with van der Waals surface area (Å²) in [4.78, 5) is 26.2. The second-order valence-corrected chi connectivity index (χ2v) is 7.66. The number of hydrazine groups is 1. The summed E-state index contributed by atoms with van der Waals surface area (Å²) in [6.07, 6.45) is 1.27. The normalized spacial score (nSPS) is 22.6. The zero-order valence-electron chi connectivity index (χ0n) is 16.1. The van der Waals surface area contributed by atoms with Gasteiger partial charge in [-0.15, -0.1) is 0 Å². The minimum Gasteiger partial charge on any atom is -0.294 e. The number of carbonyl (C=O) groups is 2. The van der Waals surface area contributed by atoms with Crippen LogP contribution in [-0.4, -0.2) is 35.8 Å². The summed E-state index contributed by atoms with van der Waals surface area (Å²) in [7, 11) is 3.63. The summed E-state index contributed by atoms with van der Waals surface area (Å²) in [6, 6.07) is 16.1. The monoisotopic (exact) mass is 378 g/mol. The smallest absolute Gasteiger partial charge is 0.242 e. The van der Waals surface area contributed by atoms with E-state index in [4.69, 9.17) is 0 Å². The van der Waals surface area contributed by atoms with Crippen LogP contribution in [0, 0.1) is 5.82 Å². The molecule has 0 saturated heterocycles. The SMILES string of the molecule is CN(C)N1C(=O)C[C@@H](c2ccc(F)cc2)C2=C1C[C@H](c1ccccc1)CC2=O. The first-order chi connectivity index (χ1) is 13.5. The number of benzene rings is 2. The summed E-state index contributed by atoms with van der Waals surface area (Å²) >= 11 is 0. The van der Waals surface area contributed by atoms with E-state index in [0.29, 0.717) is 18.4 Å². The van der Waals surface area contributed by atoms with Crippen LogP contribution in [0.3, 0.4) is 0 Å². The zero-order valence-corrected chi connectivity index (χ0v) is 16.1. The van der Waals surface area contributed by atoms with Gasteiger partial charge in [0, 0.05) is 44.1 Å². The Hall–Kier alpha value is -2.79. The van der Waals surface area contributed by atoms with Crippen LogP contribution in [0.25, 0.3) is 0 Å². The first kappa shape index (κ1) is 18.6. The lowest BCUT2D eigenvalue weighted by molar-refractivity contribution is -0.143. The number of rotatable bonds is 3. The van der Waals surface area contributed by atoms with Crippen molar-refractivity contribution in [1.29, 1.82) is 0 Å². The summed E-state index contributed by atoms with van der Waals surface area (Å²) in [5, 5.41) is 3.39. The van der Waals surface area contributed by atoms with Gasteiger partial charge in [0.2, 0.25) is 5.91 Å². The van der Waals surface area contributed by atoms with E-state index >= 15 is 0 Å². The van der Waals surface area contributed by atoms with Crippen molar-refractivity contribution >= 4 is 11.7 Å². The number of hydrogen-bond donors (Lipinski definition) is 0. The molecule has 0 aromatic heterocycles. The number of allylic oxidation sites excluding steroid dienone is 2. The molecule has 0 bridgehead atoms. The molecular weight excluding hydrogens is 355 g/mol. The number of halogens is 1. The minimum atomic E-state index is -0.325. The van der Waals surface area contributed by atoms with Gasteiger partial charge in [0.1, 0.15) is 5.82 Å². The third-order valence-electron chi connectivity index (χ3n) is 5.65. The summed E-state index contributed by atoms with van der Waals surface area (Å²) in [6.45, 7) is 0. The van der Waals surface area contributed by atoms with Gasteiger partial charge in [-0.25, -0.2) is 14.4 Å². The van der Waals surface area contributed by atoms with Crippen molar-refractivity contribution in [2.24, 2.45) is 0 Å². The van der Waals surface area contributed by atoms with E-state index < -0.39 is 0 Å². The van der Waals surface area contributed by atoms with Crippen molar-refractivity contribution < 1.29 is 14.0 Å². The quantitative estimate of drug-likeness (QED) is 0.810. The predicted octanol–water partition coefficient (Wildman–Crippen LogP) is 4.02. The Morgan fingerprint density at radius 2 is 1.57 bits per heavy atom. The molecule has 1 heterocycles. The molecule has 0 unspecified atom stereocenters. The first-order valence-corrected chi connectivity index (χ1v) is 9.52. The summed E-state index contributed by atoms with van der Waals surface area (Å²) in [5.74, 6) is -0.560. The average Bonchev–Trinajstić information content (AvgIpc) is 2.68. The van der Waals surface area contributed by atoms with Crippen molar-refractivity contribution in [3.63, 3.8) is 0 Å². The lowest BCUT2D eigenvalue weighted by atomic mass is 9.73. The highest BCUT2D eigenvalue weighted by molar-refractivity contribution is 6.02. The van der Waals surface area contributed by atoms with Crippen LogP contribution in [0.4, 0.5) is 4.39 Å². The molecule has 0 saturated carbocycles. The number of amides is 1. The van der Waals surface area contributed by atoms with Gasteiger partial charge in [0.05, 0.1) is 0 Å². The van der Waals surface area contributed by atoms with Crippen LogP contribution >= 0.6 is 0 Å². The highest BCUT2D eigenvalue weighted by Gasteiger charge is 2.42. The Kier molecular flexibility index (Phi) is 4.85. The van der Waals surface area contributed by atoms with Gasteiger partial charge in [0.15, 0.2) is 5.78 Å². The molecule has 5 heteroatoms. The molecule has 28 heavy (non-hydrogen) atoms. The molecule has 1 amide bonds. The number of carbonyl (C=O) groups excluding carboxylic acids is 2. The van der Waals surface area contributed by atoms with Crippen molar-refractivity contribution in [3.05, 3.63) is 82.8 Å². The molecule has 2 aliphatic rings. The molecule has 1 aliphatic heterocycles. The number of Topliss-reactive ketones (excluding diaryl/α,β-unsaturated/α-hetero) is 1. The van der Waals surface area contributed by atoms with E-state index in [1.807, 2.05) is 44.4 Å². The molecule has 0 spiro atoms. The van der Waals surface area contributed by atoms with Crippen LogP contribution in [0.5, 0.6) is 0 Å². The summed E-state index contributed by atoms with van der Waals surface area (Å²) in [5.41, 5.74) is 3.40. The maximum absolute atomic E-state index is 13.4. The molecule has 144 valence electrons. The van der Waals surface area contributed by atoms with Gasteiger partial charge >= 0.3 is 0 Å². The second-order valence-electron chi connectivity index (χ2n) is 7.66. The summed E-state index contributed by atoms with van der Waals surface area (Å²) < 4.78 is 13.4. The molecule has 0 radical (unpaired) electrons. The Morgan fingerprint density at radius 3 is 2.21 bits per heavy atom. The Balaban J connectivity index is 1.80. The Morgan fingerprint density at radius 1 is 0.893 bits per heavy atom.